The van der Waals surface area contributed by atoms with Crippen LogP contribution in [0.1, 0.15) is 103 Å². The summed E-state index contributed by atoms with van der Waals surface area (Å²) < 4.78 is 52.1. The number of allylic oxidation sites excluding steroid dienone is 1. The van der Waals surface area contributed by atoms with E-state index in [1.807, 2.05) is 31.2 Å². The van der Waals surface area contributed by atoms with Crippen molar-refractivity contribution >= 4 is 44.7 Å². The van der Waals surface area contributed by atoms with Gasteiger partial charge in [-0.1, -0.05) is 25.0 Å². The van der Waals surface area contributed by atoms with E-state index in [0.29, 0.717) is 60.4 Å². The van der Waals surface area contributed by atoms with Crippen LogP contribution in [0.4, 0.5) is 4.79 Å². The third-order valence-corrected chi connectivity index (χ3v) is 13.3. The van der Waals surface area contributed by atoms with E-state index >= 15 is 0 Å². The van der Waals surface area contributed by atoms with Gasteiger partial charge in [0.25, 0.3) is 5.91 Å². The number of sulfonamides is 1. The van der Waals surface area contributed by atoms with Crippen LogP contribution in [-0.4, -0.2) is 96.5 Å². The minimum atomic E-state index is -3.90. The number of rotatable bonds is 9. The van der Waals surface area contributed by atoms with Crippen LogP contribution in [0.3, 0.4) is 0 Å². The van der Waals surface area contributed by atoms with E-state index in [-0.39, 0.29) is 25.5 Å². The van der Waals surface area contributed by atoms with Crippen molar-refractivity contribution in [3.05, 3.63) is 35.9 Å². The molecular weight excluding hydrogens is 755 g/mol. The van der Waals surface area contributed by atoms with Gasteiger partial charge in [-0.15, -0.1) is 0 Å². The molecule has 5 atom stereocenters. The molecule has 310 valence electrons. The molecule has 15 nitrogen and oxygen atoms in total. The molecular formula is C41H55N5O10S. The number of nitrogens with one attached hydrogen (secondary N) is 3. The van der Waals surface area contributed by atoms with Gasteiger partial charge in [-0.05, 0) is 97.6 Å². The zero-order valence-corrected chi connectivity index (χ0v) is 34.2. The van der Waals surface area contributed by atoms with Crippen LogP contribution in [-0.2, 0) is 29.1 Å². The van der Waals surface area contributed by atoms with Gasteiger partial charge < -0.3 is 34.5 Å². The fourth-order valence-electron chi connectivity index (χ4n) is 7.87. The van der Waals surface area contributed by atoms with Gasteiger partial charge in [0.05, 0.1) is 24.4 Å². The van der Waals surface area contributed by atoms with Crippen molar-refractivity contribution < 1.29 is 46.5 Å². The number of hydrogen-bond acceptors (Lipinski definition) is 11. The van der Waals surface area contributed by atoms with Gasteiger partial charge in [-0.3, -0.25) is 19.1 Å². The molecule has 3 saturated carbocycles. The Balaban J connectivity index is 1.22. The molecule has 0 spiro atoms. The summed E-state index contributed by atoms with van der Waals surface area (Å²) in [6.45, 7) is 7.09. The van der Waals surface area contributed by atoms with Crippen LogP contribution in [0.15, 0.2) is 30.4 Å². The smallest absolute Gasteiger partial charge is 0.408 e. The maximum Gasteiger partial charge on any atom is 0.408 e. The second kappa shape index (κ2) is 16.0. The van der Waals surface area contributed by atoms with E-state index < -0.39 is 74.3 Å². The summed E-state index contributed by atoms with van der Waals surface area (Å²) in [5.41, 5.74) is -0.896. The molecule has 7 rings (SSSR count). The van der Waals surface area contributed by atoms with Gasteiger partial charge in [0, 0.05) is 29.4 Å². The number of nitrogens with zero attached hydrogens (tertiary/aromatic N) is 2. The zero-order valence-electron chi connectivity index (χ0n) is 33.4. The van der Waals surface area contributed by atoms with Gasteiger partial charge in [0.2, 0.25) is 27.7 Å². The molecule has 2 aromatic rings. The third-order valence-electron chi connectivity index (χ3n) is 11.5. The molecule has 3 heterocycles. The van der Waals surface area contributed by atoms with E-state index in [9.17, 15) is 27.6 Å². The number of fused-ring (bicyclic) bond motifs is 3. The van der Waals surface area contributed by atoms with Crippen LogP contribution in [0.25, 0.3) is 10.9 Å². The van der Waals surface area contributed by atoms with Gasteiger partial charge in [-0.25, -0.2) is 18.2 Å². The number of aryl methyl sites for hydroxylation is 1. The lowest BCUT2D eigenvalue weighted by Gasteiger charge is -2.30. The maximum absolute atomic E-state index is 14.6. The van der Waals surface area contributed by atoms with Crippen molar-refractivity contribution in [2.75, 3.05) is 13.7 Å². The minimum Gasteiger partial charge on any atom is -0.496 e. The number of benzene rings is 1. The normalized spacial score (nSPS) is 27.7. The molecule has 1 aromatic carbocycles. The van der Waals surface area contributed by atoms with Crippen LogP contribution < -0.4 is 29.6 Å². The van der Waals surface area contributed by atoms with Crippen LogP contribution in [0.2, 0.25) is 0 Å². The highest BCUT2D eigenvalue weighted by atomic mass is 32.2. The summed E-state index contributed by atoms with van der Waals surface area (Å²) in [4.78, 5) is 62.3. The molecule has 16 heteroatoms. The Morgan fingerprint density at radius 3 is 2.44 bits per heavy atom. The highest BCUT2D eigenvalue weighted by Gasteiger charge is 2.62. The number of amides is 4. The molecule has 2 aliphatic heterocycles. The summed E-state index contributed by atoms with van der Waals surface area (Å²) >= 11 is 0. The Bertz CT molecular complexity index is 2040. The summed E-state index contributed by atoms with van der Waals surface area (Å²) in [6.07, 6.45) is 9.69. The predicted molar refractivity (Wildman–Crippen MR) is 210 cm³/mol. The lowest BCUT2D eigenvalue weighted by atomic mass is 9.96. The maximum atomic E-state index is 14.6. The molecule has 4 fully saturated rings. The number of alkyl carbamates (subject to hydrolysis) is 1. The Morgan fingerprint density at radius 2 is 1.75 bits per heavy atom. The van der Waals surface area contributed by atoms with Crippen molar-refractivity contribution in [3.8, 4) is 17.4 Å². The molecule has 0 radical (unpaired) electrons. The van der Waals surface area contributed by atoms with Crippen LogP contribution in [0, 0.1) is 12.8 Å². The minimum absolute atomic E-state index is 0.0141. The van der Waals surface area contributed by atoms with E-state index in [1.165, 1.54) is 4.90 Å². The van der Waals surface area contributed by atoms with E-state index in [0.717, 1.165) is 37.7 Å². The van der Waals surface area contributed by atoms with Gasteiger partial charge in [0.1, 0.15) is 46.9 Å². The van der Waals surface area contributed by atoms with Gasteiger partial charge in [-0.2, -0.15) is 0 Å². The van der Waals surface area contributed by atoms with E-state index in [1.54, 1.807) is 33.9 Å². The fraction of sp³-hybridized carbons (Fsp3) is 0.634. The number of methoxy groups -OCH3 is 1. The lowest BCUT2D eigenvalue weighted by Crippen LogP contribution is -2.58. The van der Waals surface area contributed by atoms with Gasteiger partial charge >= 0.3 is 6.09 Å². The summed E-state index contributed by atoms with van der Waals surface area (Å²) in [6, 6.07) is 3.28. The third kappa shape index (κ3) is 9.10. The Morgan fingerprint density at radius 1 is 0.982 bits per heavy atom. The van der Waals surface area contributed by atoms with Crippen molar-refractivity contribution in [1.29, 1.82) is 0 Å². The number of hydrogen-bond donors (Lipinski definition) is 3. The number of aromatic nitrogens is 1. The quantitative estimate of drug-likeness (QED) is 0.297. The lowest BCUT2D eigenvalue weighted by molar-refractivity contribution is -0.141. The molecule has 0 unspecified atom stereocenters. The second-order valence-electron chi connectivity index (χ2n) is 17.1. The highest BCUT2D eigenvalue weighted by Crippen LogP contribution is 2.46. The SMILES string of the molecule is COc1ccc2c(O[C@@H]3C[C@H]4C(=O)N[C@]5(C(=O)NS(=O)(=O)C6CC6)C[C@H]5/C=C\CCCCC[C@H](NC(=O)OC(C)(C)C)C(=O)N4C3)cc(OC3CCC3)nc2c1C. The molecule has 57 heavy (non-hydrogen) atoms. The number of carbonyl (C=O) groups is 4. The first kappa shape index (κ1) is 40.6. The van der Waals surface area contributed by atoms with Crippen LogP contribution >= 0.6 is 0 Å². The summed E-state index contributed by atoms with van der Waals surface area (Å²) in [5, 5.41) is 5.73. The van der Waals surface area contributed by atoms with E-state index in [4.69, 9.17) is 23.9 Å². The fourth-order valence-corrected chi connectivity index (χ4v) is 9.24. The Labute approximate surface area is 334 Å². The number of carbonyl (C=O) groups excluding carboxylic acids is 4. The molecule has 0 bridgehead atoms. The number of ether oxygens (including phenoxy) is 4. The molecule has 3 aliphatic carbocycles. The zero-order chi connectivity index (χ0) is 40.7. The second-order valence-corrected chi connectivity index (χ2v) is 19.1. The Hall–Kier alpha value is -4.60. The molecule has 1 saturated heterocycles. The monoisotopic (exact) mass is 809 g/mol. The van der Waals surface area contributed by atoms with E-state index in [2.05, 4.69) is 15.4 Å². The molecule has 4 amide bonds. The first-order valence-electron chi connectivity index (χ1n) is 20.2. The predicted octanol–water partition coefficient (Wildman–Crippen LogP) is 4.73. The largest absolute Gasteiger partial charge is 0.496 e. The van der Waals surface area contributed by atoms with Gasteiger partial charge in [0.15, 0.2) is 0 Å². The number of pyridine rings is 1. The first-order chi connectivity index (χ1) is 27.1. The van der Waals surface area contributed by atoms with Crippen molar-refractivity contribution in [3.63, 3.8) is 0 Å². The Kier molecular flexibility index (Phi) is 11.4. The molecule has 5 aliphatic rings. The standard InChI is InChI=1S/C41H55N5O10S/c1-24-32(53-5)19-18-29-33(21-34(43-35(24)29)55-26-13-11-14-26)54-27-20-31-36(47)44-41(38(49)45-57(51,52)28-16-17-28)22-25(41)12-9-7-6-8-10-15-30(37(48)46(31)23-27)42-39(50)56-40(2,3)4/h9,12,18-19,21,25-28,30-31H,6-8,10-11,13-17,20,22-23H2,1-5H3,(H,42,50)(H,44,47)(H,45,49)/b12-9-/t25-,27-,30+,31+,41-/m1/s1. The molecule has 3 N–H and O–H groups in total. The highest BCUT2D eigenvalue weighted by molar-refractivity contribution is 7.91. The first-order valence-corrected chi connectivity index (χ1v) is 21.8. The van der Waals surface area contributed by atoms with Crippen LogP contribution in [0.5, 0.6) is 17.4 Å². The average molecular weight is 810 g/mol. The topological polar surface area (TPSA) is 192 Å². The summed E-state index contributed by atoms with van der Waals surface area (Å²) in [5.74, 6) is -0.835. The summed E-state index contributed by atoms with van der Waals surface area (Å²) in [7, 11) is -2.31. The average Bonchev–Trinajstić information content (AvgIpc) is 4.05. The molecule has 1 aromatic heterocycles. The van der Waals surface area contributed by atoms with Crippen molar-refractivity contribution in [2.45, 2.75) is 145 Å². The van der Waals surface area contributed by atoms with Crippen molar-refractivity contribution in [2.24, 2.45) is 5.92 Å². The van der Waals surface area contributed by atoms with Crippen molar-refractivity contribution in [1.82, 2.24) is 25.2 Å².